The van der Waals surface area contributed by atoms with Crippen LogP contribution in [0.4, 0.5) is 10.1 Å². The van der Waals surface area contributed by atoms with Crippen molar-refractivity contribution in [2.24, 2.45) is 5.73 Å². The highest BCUT2D eigenvalue weighted by atomic mass is 79.9. The van der Waals surface area contributed by atoms with E-state index in [2.05, 4.69) is 27.3 Å². The van der Waals surface area contributed by atoms with Crippen molar-refractivity contribution < 1.29 is 4.39 Å². The fraction of sp³-hybridized carbons (Fsp3) is 0.250. The van der Waals surface area contributed by atoms with Crippen molar-refractivity contribution >= 4 is 21.6 Å². The van der Waals surface area contributed by atoms with Crippen LogP contribution in [-0.2, 0) is 0 Å². The van der Waals surface area contributed by atoms with Gasteiger partial charge in [-0.05, 0) is 70.7 Å². The smallest absolute Gasteiger partial charge is 0.123 e. The van der Waals surface area contributed by atoms with Gasteiger partial charge >= 0.3 is 0 Å². The molecule has 20 heavy (non-hydrogen) atoms. The Morgan fingerprint density at radius 3 is 2.60 bits per heavy atom. The molecule has 2 aromatic rings. The molecule has 0 saturated heterocycles. The summed E-state index contributed by atoms with van der Waals surface area (Å²) in [4.78, 5) is 0. The summed E-state index contributed by atoms with van der Waals surface area (Å²) in [7, 11) is 0. The predicted molar refractivity (Wildman–Crippen MR) is 85.4 cm³/mol. The zero-order chi connectivity index (χ0) is 14.7. The van der Waals surface area contributed by atoms with Crippen LogP contribution in [0, 0.1) is 19.7 Å². The minimum atomic E-state index is -0.223. The molecule has 1 unspecified atom stereocenters. The van der Waals surface area contributed by atoms with Crippen LogP contribution in [0.25, 0.3) is 0 Å². The molecule has 0 aliphatic carbocycles. The highest BCUT2D eigenvalue weighted by Gasteiger charge is 2.14. The molecule has 0 radical (unpaired) electrons. The number of nitrogens with two attached hydrogens (primary N) is 1. The molecule has 2 rings (SSSR count). The maximum Gasteiger partial charge on any atom is 0.123 e. The van der Waals surface area contributed by atoms with Crippen LogP contribution in [0.5, 0.6) is 0 Å². The van der Waals surface area contributed by atoms with Gasteiger partial charge in [0, 0.05) is 16.7 Å². The molecule has 4 heteroatoms. The molecule has 0 saturated carbocycles. The predicted octanol–water partition coefficient (Wildman–Crippen LogP) is 4.32. The van der Waals surface area contributed by atoms with Gasteiger partial charge in [0.2, 0.25) is 0 Å². The molecule has 2 nitrogen and oxygen atoms in total. The monoisotopic (exact) mass is 336 g/mol. The van der Waals surface area contributed by atoms with Crippen molar-refractivity contribution in [1.82, 2.24) is 0 Å². The van der Waals surface area contributed by atoms with Crippen LogP contribution in [-0.4, -0.2) is 6.54 Å². The maximum absolute atomic E-state index is 13.2. The first-order chi connectivity index (χ1) is 9.51. The van der Waals surface area contributed by atoms with E-state index in [1.54, 1.807) is 6.07 Å². The topological polar surface area (TPSA) is 38.0 Å². The highest BCUT2D eigenvalue weighted by molar-refractivity contribution is 9.10. The molecule has 2 aromatic carbocycles. The van der Waals surface area contributed by atoms with E-state index in [1.807, 2.05) is 26.0 Å². The number of aryl methyl sites for hydroxylation is 2. The summed E-state index contributed by atoms with van der Waals surface area (Å²) in [6.45, 7) is 4.37. The van der Waals surface area contributed by atoms with E-state index in [0.717, 1.165) is 21.3 Å². The summed E-state index contributed by atoms with van der Waals surface area (Å²) in [5, 5.41) is 3.42. The molecule has 3 N–H and O–H groups in total. The van der Waals surface area contributed by atoms with Crippen molar-refractivity contribution in [3.8, 4) is 0 Å². The average Bonchev–Trinajstić information content (AvgIpc) is 2.40. The SMILES string of the molecule is Cc1ccc(Br)c(NC(CN)c2ccc(F)cc2C)c1. The standard InChI is InChI=1S/C16H18BrFN2/c1-10-3-6-14(17)15(7-10)20-16(9-19)13-5-4-12(18)8-11(13)2/h3-8,16,20H,9,19H2,1-2H3. The molecular weight excluding hydrogens is 319 g/mol. The van der Waals surface area contributed by atoms with Crippen LogP contribution in [0.2, 0.25) is 0 Å². The number of benzene rings is 2. The molecule has 0 amide bonds. The van der Waals surface area contributed by atoms with Gasteiger partial charge in [-0.25, -0.2) is 4.39 Å². The lowest BCUT2D eigenvalue weighted by Gasteiger charge is -2.21. The van der Waals surface area contributed by atoms with Crippen molar-refractivity contribution in [2.75, 3.05) is 11.9 Å². The molecule has 0 fully saturated rings. The number of hydrogen-bond acceptors (Lipinski definition) is 2. The van der Waals surface area contributed by atoms with Gasteiger partial charge < -0.3 is 11.1 Å². The van der Waals surface area contributed by atoms with E-state index in [9.17, 15) is 4.39 Å². The number of nitrogens with one attached hydrogen (secondary N) is 1. The van der Waals surface area contributed by atoms with Gasteiger partial charge in [0.1, 0.15) is 5.82 Å². The number of hydrogen-bond donors (Lipinski definition) is 2. The summed E-state index contributed by atoms with van der Waals surface area (Å²) in [6.07, 6.45) is 0. The molecule has 0 aliphatic rings. The molecular formula is C16H18BrFN2. The van der Waals surface area contributed by atoms with Crippen LogP contribution in [0.15, 0.2) is 40.9 Å². The van der Waals surface area contributed by atoms with Gasteiger partial charge in [0.25, 0.3) is 0 Å². The summed E-state index contributed by atoms with van der Waals surface area (Å²) in [6, 6.07) is 10.8. The molecule has 0 aliphatic heterocycles. The second-order valence-electron chi connectivity index (χ2n) is 4.92. The van der Waals surface area contributed by atoms with Crippen LogP contribution < -0.4 is 11.1 Å². The fourth-order valence-electron chi connectivity index (χ4n) is 2.23. The number of rotatable bonds is 4. The van der Waals surface area contributed by atoms with Gasteiger partial charge in [-0.3, -0.25) is 0 Å². The average molecular weight is 337 g/mol. The van der Waals surface area contributed by atoms with E-state index in [-0.39, 0.29) is 11.9 Å². The van der Waals surface area contributed by atoms with E-state index >= 15 is 0 Å². The minimum Gasteiger partial charge on any atom is -0.376 e. The molecule has 0 spiro atoms. The second kappa shape index (κ2) is 6.37. The summed E-state index contributed by atoms with van der Waals surface area (Å²) < 4.78 is 14.2. The van der Waals surface area contributed by atoms with Gasteiger partial charge in [0.05, 0.1) is 6.04 Å². The Morgan fingerprint density at radius 1 is 1.20 bits per heavy atom. The molecule has 0 aromatic heterocycles. The lowest BCUT2D eigenvalue weighted by atomic mass is 10.0. The normalized spacial score (nSPS) is 12.2. The zero-order valence-electron chi connectivity index (χ0n) is 11.6. The van der Waals surface area contributed by atoms with Gasteiger partial charge in [-0.15, -0.1) is 0 Å². The Labute approximate surface area is 127 Å². The molecule has 0 heterocycles. The van der Waals surface area contributed by atoms with Crippen molar-refractivity contribution in [3.05, 3.63) is 63.4 Å². The van der Waals surface area contributed by atoms with E-state index in [1.165, 1.54) is 17.7 Å². The third-order valence-corrected chi connectivity index (χ3v) is 3.99. The molecule has 1 atom stereocenters. The maximum atomic E-state index is 13.2. The largest absolute Gasteiger partial charge is 0.376 e. The van der Waals surface area contributed by atoms with E-state index in [4.69, 9.17) is 5.73 Å². The van der Waals surface area contributed by atoms with Crippen LogP contribution in [0.3, 0.4) is 0 Å². The first-order valence-electron chi connectivity index (χ1n) is 6.50. The molecule has 0 bridgehead atoms. The second-order valence-corrected chi connectivity index (χ2v) is 5.77. The minimum absolute atomic E-state index is 0.0475. The van der Waals surface area contributed by atoms with Gasteiger partial charge in [-0.1, -0.05) is 12.1 Å². The lowest BCUT2D eigenvalue weighted by molar-refractivity contribution is 0.624. The molecule has 106 valence electrons. The Bertz CT molecular complexity index is 613. The highest BCUT2D eigenvalue weighted by Crippen LogP contribution is 2.28. The van der Waals surface area contributed by atoms with Crippen LogP contribution in [0.1, 0.15) is 22.7 Å². The van der Waals surface area contributed by atoms with E-state index in [0.29, 0.717) is 6.54 Å². The van der Waals surface area contributed by atoms with Crippen molar-refractivity contribution in [1.29, 1.82) is 0 Å². The Balaban J connectivity index is 2.31. The Hall–Kier alpha value is -1.39. The van der Waals surface area contributed by atoms with Gasteiger partial charge in [-0.2, -0.15) is 0 Å². The first kappa shape index (κ1) is 15.0. The Kier molecular flexibility index (Phi) is 4.78. The van der Waals surface area contributed by atoms with E-state index < -0.39 is 0 Å². The Morgan fingerprint density at radius 2 is 1.95 bits per heavy atom. The first-order valence-corrected chi connectivity index (χ1v) is 7.29. The third kappa shape index (κ3) is 3.38. The lowest BCUT2D eigenvalue weighted by Crippen LogP contribution is -2.21. The number of anilines is 1. The summed E-state index contributed by atoms with van der Waals surface area (Å²) >= 11 is 3.53. The van der Waals surface area contributed by atoms with Crippen molar-refractivity contribution in [3.63, 3.8) is 0 Å². The zero-order valence-corrected chi connectivity index (χ0v) is 13.2. The summed E-state index contributed by atoms with van der Waals surface area (Å²) in [5.41, 5.74) is 9.95. The van der Waals surface area contributed by atoms with Crippen LogP contribution >= 0.6 is 15.9 Å². The number of halogens is 2. The quantitative estimate of drug-likeness (QED) is 0.872. The van der Waals surface area contributed by atoms with Crippen molar-refractivity contribution in [2.45, 2.75) is 19.9 Å². The third-order valence-electron chi connectivity index (χ3n) is 3.29. The van der Waals surface area contributed by atoms with Gasteiger partial charge in [0.15, 0.2) is 0 Å². The fourth-order valence-corrected chi connectivity index (χ4v) is 2.59. The summed E-state index contributed by atoms with van der Waals surface area (Å²) in [5.74, 6) is -0.223.